The van der Waals surface area contributed by atoms with Crippen molar-refractivity contribution < 1.29 is 0 Å². The van der Waals surface area contributed by atoms with Crippen molar-refractivity contribution in [3.05, 3.63) is 24.0 Å². The zero-order valence-electron chi connectivity index (χ0n) is 10.3. The number of hydrogen-bond donors (Lipinski definition) is 2. The van der Waals surface area contributed by atoms with E-state index in [1.54, 1.807) is 0 Å². The molecule has 0 amide bonds. The van der Waals surface area contributed by atoms with Gasteiger partial charge in [0, 0.05) is 17.9 Å². The summed E-state index contributed by atoms with van der Waals surface area (Å²) in [6.07, 6.45) is 6.87. The van der Waals surface area contributed by atoms with Gasteiger partial charge < -0.3 is 15.6 Å². The highest BCUT2D eigenvalue weighted by atomic mass is 15.1. The molecule has 3 heteroatoms. The quantitative estimate of drug-likeness (QED) is 0.821. The maximum absolute atomic E-state index is 5.97. The number of nitrogens with zero attached hydrogens (tertiary/aromatic N) is 1. The Kier molecular flexibility index (Phi) is 3.66. The summed E-state index contributed by atoms with van der Waals surface area (Å²) in [5.74, 6) is 0.744. The van der Waals surface area contributed by atoms with Crippen LogP contribution in [-0.4, -0.2) is 30.0 Å². The third-order valence-electron chi connectivity index (χ3n) is 3.76. The molecule has 1 saturated carbocycles. The second-order valence-electron chi connectivity index (χ2n) is 5.21. The van der Waals surface area contributed by atoms with Crippen LogP contribution in [0.1, 0.15) is 37.4 Å². The Balaban J connectivity index is 2.08. The van der Waals surface area contributed by atoms with Crippen LogP contribution in [0.3, 0.4) is 0 Å². The van der Waals surface area contributed by atoms with Gasteiger partial charge in [0.25, 0.3) is 0 Å². The third-order valence-corrected chi connectivity index (χ3v) is 3.76. The van der Waals surface area contributed by atoms with E-state index >= 15 is 0 Å². The van der Waals surface area contributed by atoms with Crippen LogP contribution in [0.2, 0.25) is 0 Å². The molecule has 1 fully saturated rings. The van der Waals surface area contributed by atoms with Crippen molar-refractivity contribution in [3.63, 3.8) is 0 Å². The van der Waals surface area contributed by atoms with Crippen LogP contribution in [0, 0.1) is 5.92 Å². The molecule has 0 aromatic carbocycles. The largest absolute Gasteiger partial charge is 0.364 e. The summed E-state index contributed by atoms with van der Waals surface area (Å²) in [5, 5.41) is 0. The fraction of sp³-hybridized carbons (Fsp3) is 0.692. The first-order valence-electron chi connectivity index (χ1n) is 6.23. The number of nitrogens with two attached hydrogens (primary N) is 1. The lowest BCUT2D eigenvalue weighted by atomic mass is 9.80. The Morgan fingerprint density at radius 2 is 2.00 bits per heavy atom. The predicted molar refractivity (Wildman–Crippen MR) is 67.2 cm³/mol. The van der Waals surface area contributed by atoms with Crippen molar-refractivity contribution in [2.24, 2.45) is 11.7 Å². The molecule has 0 bridgehead atoms. The van der Waals surface area contributed by atoms with Crippen molar-refractivity contribution in [3.8, 4) is 0 Å². The Hall–Kier alpha value is -0.800. The van der Waals surface area contributed by atoms with Crippen LogP contribution in [0.5, 0.6) is 0 Å². The van der Waals surface area contributed by atoms with Crippen LogP contribution in [-0.2, 0) is 0 Å². The van der Waals surface area contributed by atoms with Gasteiger partial charge in [-0.05, 0) is 57.8 Å². The van der Waals surface area contributed by atoms with E-state index in [0.717, 1.165) is 5.92 Å². The van der Waals surface area contributed by atoms with Crippen LogP contribution in [0.25, 0.3) is 0 Å². The summed E-state index contributed by atoms with van der Waals surface area (Å²) in [5.41, 5.74) is 7.31. The molecule has 1 aliphatic rings. The lowest BCUT2D eigenvalue weighted by Crippen LogP contribution is -2.34. The van der Waals surface area contributed by atoms with Crippen molar-refractivity contribution in [1.82, 2.24) is 9.88 Å². The molecule has 3 nitrogen and oxygen atoms in total. The summed E-state index contributed by atoms with van der Waals surface area (Å²) >= 11 is 0. The first-order valence-corrected chi connectivity index (χ1v) is 6.23. The van der Waals surface area contributed by atoms with Gasteiger partial charge in [0.1, 0.15) is 0 Å². The lowest BCUT2D eigenvalue weighted by Gasteiger charge is -2.36. The topological polar surface area (TPSA) is 45.0 Å². The number of H-pyrrole nitrogens is 1. The Labute approximate surface area is 98.0 Å². The molecule has 1 aromatic rings. The second kappa shape index (κ2) is 5.02. The summed E-state index contributed by atoms with van der Waals surface area (Å²) in [6.45, 7) is 0. The fourth-order valence-corrected chi connectivity index (χ4v) is 2.94. The van der Waals surface area contributed by atoms with Gasteiger partial charge >= 0.3 is 0 Å². The first-order chi connectivity index (χ1) is 7.68. The Morgan fingerprint density at radius 1 is 1.31 bits per heavy atom. The minimum absolute atomic E-state index is 0.433. The molecule has 16 heavy (non-hydrogen) atoms. The monoisotopic (exact) mass is 221 g/mol. The summed E-state index contributed by atoms with van der Waals surface area (Å²) in [6, 6.07) is 5.23. The highest BCUT2D eigenvalue weighted by Crippen LogP contribution is 2.36. The van der Waals surface area contributed by atoms with E-state index in [1.165, 1.54) is 31.4 Å². The highest BCUT2D eigenvalue weighted by Gasteiger charge is 2.29. The number of hydrogen-bond acceptors (Lipinski definition) is 2. The SMILES string of the molecule is CN(C)C(c1ccc[nH]1)C1CCC(N)CC1. The maximum Gasteiger partial charge on any atom is 0.0521 e. The Morgan fingerprint density at radius 3 is 2.50 bits per heavy atom. The molecule has 0 aliphatic heterocycles. The van der Waals surface area contributed by atoms with E-state index < -0.39 is 0 Å². The molecule has 1 aromatic heterocycles. The van der Waals surface area contributed by atoms with Crippen molar-refractivity contribution in [2.45, 2.75) is 37.8 Å². The van der Waals surface area contributed by atoms with Gasteiger partial charge in [0.15, 0.2) is 0 Å². The van der Waals surface area contributed by atoms with E-state index in [9.17, 15) is 0 Å². The molecule has 0 spiro atoms. The van der Waals surface area contributed by atoms with E-state index in [0.29, 0.717) is 12.1 Å². The maximum atomic E-state index is 5.97. The van der Waals surface area contributed by atoms with Gasteiger partial charge in [-0.3, -0.25) is 0 Å². The van der Waals surface area contributed by atoms with Gasteiger partial charge in [-0.1, -0.05) is 0 Å². The van der Waals surface area contributed by atoms with Gasteiger partial charge in [-0.15, -0.1) is 0 Å². The molecule has 0 saturated heterocycles. The summed E-state index contributed by atoms with van der Waals surface area (Å²) in [7, 11) is 4.33. The van der Waals surface area contributed by atoms with E-state index in [4.69, 9.17) is 5.73 Å². The lowest BCUT2D eigenvalue weighted by molar-refractivity contribution is 0.161. The molecule has 1 heterocycles. The standard InChI is InChI=1S/C13H23N3/c1-16(2)13(12-4-3-9-15-12)10-5-7-11(14)8-6-10/h3-4,9-11,13,15H,5-8,14H2,1-2H3. The molecular weight excluding hydrogens is 198 g/mol. The third kappa shape index (κ3) is 2.47. The second-order valence-corrected chi connectivity index (χ2v) is 5.21. The van der Waals surface area contributed by atoms with E-state index in [1.807, 2.05) is 6.20 Å². The summed E-state index contributed by atoms with van der Waals surface area (Å²) in [4.78, 5) is 5.68. The zero-order chi connectivity index (χ0) is 11.5. The minimum atomic E-state index is 0.433. The fourth-order valence-electron chi connectivity index (χ4n) is 2.94. The van der Waals surface area contributed by atoms with Gasteiger partial charge in [-0.2, -0.15) is 0 Å². The van der Waals surface area contributed by atoms with Gasteiger partial charge in [0.05, 0.1) is 6.04 Å². The number of rotatable bonds is 3. The van der Waals surface area contributed by atoms with Gasteiger partial charge in [-0.25, -0.2) is 0 Å². The summed E-state index contributed by atoms with van der Waals surface area (Å²) < 4.78 is 0. The van der Waals surface area contributed by atoms with Crippen LogP contribution in [0.4, 0.5) is 0 Å². The molecule has 1 aliphatic carbocycles. The van der Waals surface area contributed by atoms with Gasteiger partial charge in [0.2, 0.25) is 0 Å². The Bertz CT molecular complexity index is 297. The number of aromatic amines is 1. The zero-order valence-corrected chi connectivity index (χ0v) is 10.3. The normalized spacial score (nSPS) is 28.2. The molecule has 2 rings (SSSR count). The van der Waals surface area contributed by atoms with E-state index in [-0.39, 0.29) is 0 Å². The molecular formula is C13H23N3. The van der Waals surface area contributed by atoms with Crippen LogP contribution < -0.4 is 5.73 Å². The van der Waals surface area contributed by atoms with Crippen molar-refractivity contribution in [1.29, 1.82) is 0 Å². The molecule has 1 unspecified atom stereocenters. The van der Waals surface area contributed by atoms with Crippen molar-refractivity contribution >= 4 is 0 Å². The van der Waals surface area contributed by atoms with Crippen molar-refractivity contribution in [2.75, 3.05) is 14.1 Å². The molecule has 0 radical (unpaired) electrons. The number of nitrogens with one attached hydrogen (secondary N) is 1. The smallest absolute Gasteiger partial charge is 0.0521 e. The minimum Gasteiger partial charge on any atom is -0.364 e. The highest BCUT2D eigenvalue weighted by molar-refractivity contribution is 5.11. The first kappa shape index (κ1) is 11.7. The van der Waals surface area contributed by atoms with Crippen LogP contribution in [0.15, 0.2) is 18.3 Å². The molecule has 1 atom stereocenters. The van der Waals surface area contributed by atoms with Crippen LogP contribution >= 0.6 is 0 Å². The molecule has 3 N–H and O–H groups in total. The average Bonchev–Trinajstić information content (AvgIpc) is 2.74. The predicted octanol–water partition coefficient (Wildman–Crippen LogP) is 2.13. The number of aromatic nitrogens is 1. The average molecular weight is 221 g/mol. The molecule has 90 valence electrons. The van der Waals surface area contributed by atoms with E-state index in [2.05, 4.69) is 36.1 Å².